The van der Waals surface area contributed by atoms with Crippen molar-refractivity contribution in [3.05, 3.63) is 29.3 Å². The summed E-state index contributed by atoms with van der Waals surface area (Å²) < 4.78 is 0. The smallest absolute Gasteiger partial charge is 0.0782 e. The third kappa shape index (κ3) is 1.31. The van der Waals surface area contributed by atoms with Gasteiger partial charge in [-0.05, 0) is 18.9 Å². The number of rotatable bonds is 1. The van der Waals surface area contributed by atoms with Crippen molar-refractivity contribution >= 4 is 5.69 Å². The average Bonchev–Trinajstić information content (AvgIpc) is 2.48. The predicted molar refractivity (Wildman–Crippen MR) is 54.0 cm³/mol. The van der Waals surface area contributed by atoms with Crippen LogP contribution in [0.4, 0.5) is 5.69 Å². The molecule has 2 rings (SSSR count). The highest BCUT2D eigenvalue weighted by atomic mass is 16.3. The Morgan fingerprint density at radius 1 is 1.46 bits per heavy atom. The normalized spacial score (nSPS) is 17.3. The highest BCUT2D eigenvalue weighted by Crippen LogP contribution is 2.33. The molecule has 0 bridgehead atoms. The van der Waals surface area contributed by atoms with E-state index in [-0.39, 0.29) is 6.10 Å². The molecule has 13 heavy (non-hydrogen) atoms. The fraction of sp³-hybridized carbons (Fsp3) is 0.455. The lowest BCUT2D eigenvalue weighted by Gasteiger charge is -2.18. The molecule has 0 amide bonds. The maximum Gasteiger partial charge on any atom is 0.0782 e. The van der Waals surface area contributed by atoms with Crippen LogP contribution in [-0.2, 0) is 6.42 Å². The molecule has 0 spiro atoms. The first-order chi connectivity index (χ1) is 6.20. The lowest BCUT2D eigenvalue weighted by atomic mass is 10.0. The number of para-hydroxylation sites is 1. The van der Waals surface area contributed by atoms with Gasteiger partial charge in [0.2, 0.25) is 0 Å². The Kier molecular flexibility index (Phi) is 2.00. The summed E-state index contributed by atoms with van der Waals surface area (Å²) in [4.78, 5) is 2.22. The van der Waals surface area contributed by atoms with Crippen molar-refractivity contribution < 1.29 is 5.11 Å². The van der Waals surface area contributed by atoms with E-state index in [0.29, 0.717) is 0 Å². The Bertz CT molecular complexity index is 320. The second-order valence-electron chi connectivity index (χ2n) is 3.70. The van der Waals surface area contributed by atoms with Gasteiger partial charge in [-0.1, -0.05) is 18.2 Å². The van der Waals surface area contributed by atoms with Gasteiger partial charge in [0.1, 0.15) is 0 Å². The fourth-order valence-corrected chi connectivity index (χ4v) is 2.02. The van der Waals surface area contributed by atoms with Gasteiger partial charge < -0.3 is 10.0 Å². The van der Waals surface area contributed by atoms with Crippen LogP contribution in [0.5, 0.6) is 0 Å². The minimum Gasteiger partial charge on any atom is -0.389 e. The zero-order valence-corrected chi connectivity index (χ0v) is 8.12. The Morgan fingerprint density at radius 3 is 2.92 bits per heavy atom. The molecule has 1 aromatic rings. The number of anilines is 1. The summed E-state index contributed by atoms with van der Waals surface area (Å²) in [6.07, 6.45) is 0.738. The van der Waals surface area contributed by atoms with E-state index in [2.05, 4.69) is 18.0 Å². The zero-order valence-electron chi connectivity index (χ0n) is 8.12. The van der Waals surface area contributed by atoms with Gasteiger partial charge in [-0.25, -0.2) is 0 Å². The molecule has 2 heteroatoms. The Hall–Kier alpha value is -1.02. The zero-order chi connectivity index (χ0) is 9.42. The van der Waals surface area contributed by atoms with Crippen LogP contribution in [0.25, 0.3) is 0 Å². The van der Waals surface area contributed by atoms with E-state index >= 15 is 0 Å². The van der Waals surface area contributed by atoms with Crippen molar-refractivity contribution in [2.24, 2.45) is 0 Å². The molecule has 1 heterocycles. The number of fused-ring (bicyclic) bond motifs is 1. The molecule has 2 nitrogen and oxygen atoms in total. The van der Waals surface area contributed by atoms with E-state index in [9.17, 15) is 5.11 Å². The molecule has 0 radical (unpaired) electrons. The summed E-state index contributed by atoms with van der Waals surface area (Å²) in [6.45, 7) is 2.89. The maximum absolute atomic E-state index is 9.58. The topological polar surface area (TPSA) is 23.5 Å². The summed E-state index contributed by atoms with van der Waals surface area (Å²) in [5.74, 6) is 0. The molecule has 70 valence electrons. The molecular weight excluding hydrogens is 162 g/mol. The highest BCUT2D eigenvalue weighted by molar-refractivity contribution is 5.63. The van der Waals surface area contributed by atoms with Crippen LogP contribution < -0.4 is 4.90 Å². The van der Waals surface area contributed by atoms with Crippen molar-refractivity contribution in [2.45, 2.75) is 19.4 Å². The fourth-order valence-electron chi connectivity index (χ4n) is 2.02. The van der Waals surface area contributed by atoms with Gasteiger partial charge in [0, 0.05) is 24.8 Å². The van der Waals surface area contributed by atoms with Crippen LogP contribution in [0.15, 0.2) is 18.2 Å². The number of benzene rings is 1. The Labute approximate surface area is 78.8 Å². The standard InChI is InChI=1S/C11H15NO/c1-8(13)10-5-3-4-9-6-7-12(2)11(9)10/h3-5,8,13H,6-7H2,1-2H3. The number of nitrogens with zero attached hydrogens (tertiary/aromatic N) is 1. The summed E-state index contributed by atoms with van der Waals surface area (Å²) in [5.41, 5.74) is 3.65. The van der Waals surface area contributed by atoms with Gasteiger partial charge in [-0.3, -0.25) is 0 Å². The molecule has 1 aromatic carbocycles. The first-order valence-electron chi connectivity index (χ1n) is 4.71. The molecule has 0 aromatic heterocycles. The number of likely N-dealkylation sites (N-methyl/N-ethyl adjacent to an activating group) is 1. The Morgan fingerprint density at radius 2 is 2.23 bits per heavy atom. The van der Waals surface area contributed by atoms with Crippen molar-refractivity contribution in [1.82, 2.24) is 0 Å². The third-order valence-electron chi connectivity index (χ3n) is 2.70. The average molecular weight is 177 g/mol. The lowest BCUT2D eigenvalue weighted by Crippen LogP contribution is -2.14. The lowest BCUT2D eigenvalue weighted by molar-refractivity contribution is 0.200. The van der Waals surface area contributed by atoms with Crippen LogP contribution in [0, 0.1) is 0 Å². The first kappa shape index (κ1) is 8.57. The van der Waals surface area contributed by atoms with Gasteiger partial charge in [0.25, 0.3) is 0 Å². The molecule has 1 aliphatic rings. The number of hydrogen-bond donors (Lipinski definition) is 1. The molecule has 1 atom stereocenters. The number of aliphatic hydroxyl groups is 1. The van der Waals surface area contributed by atoms with Gasteiger partial charge in [0.15, 0.2) is 0 Å². The molecule has 0 fully saturated rings. The summed E-state index contributed by atoms with van der Waals surface area (Å²) in [5, 5.41) is 9.58. The van der Waals surface area contributed by atoms with Gasteiger partial charge >= 0.3 is 0 Å². The van der Waals surface area contributed by atoms with Crippen LogP contribution in [-0.4, -0.2) is 18.7 Å². The molecule has 1 N–H and O–H groups in total. The maximum atomic E-state index is 9.58. The van der Waals surface area contributed by atoms with Crippen molar-refractivity contribution in [2.75, 3.05) is 18.5 Å². The predicted octanol–water partition coefficient (Wildman–Crippen LogP) is 1.73. The van der Waals surface area contributed by atoms with Gasteiger partial charge in [0.05, 0.1) is 6.10 Å². The summed E-state index contributed by atoms with van der Waals surface area (Å²) in [7, 11) is 2.08. The van der Waals surface area contributed by atoms with Crippen LogP contribution in [0.1, 0.15) is 24.2 Å². The SMILES string of the molecule is CC(O)c1cccc2c1N(C)CC2. The Balaban J connectivity index is 2.53. The summed E-state index contributed by atoms with van der Waals surface area (Å²) >= 11 is 0. The van der Waals surface area contributed by atoms with Gasteiger partial charge in [-0.15, -0.1) is 0 Å². The van der Waals surface area contributed by atoms with Crippen LogP contribution >= 0.6 is 0 Å². The van der Waals surface area contributed by atoms with E-state index in [4.69, 9.17) is 0 Å². The minimum absolute atomic E-state index is 0.365. The van der Waals surface area contributed by atoms with E-state index in [0.717, 1.165) is 18.5 Å². The molecule has 1 aliphatic heterocycles. The largest absolute Gasteiger partial charge is 0.389 e. The minimum atomic E-state index is -0.365. The van der Waals surface area contributed by atoms with Crippen molar-refractivity contribution in [3.8, 4) is 0 Å². The molecule has 0 aliphatic carbocycles. The third-order valence-corrected chi connectivity index (χ3v) is 2.70. The van der Waals surface area contributed by atoms with Crippen molar-refractivity contribution in [1.29, 1.82) is 0 Å². The quantitative estimate of drug-likeness (QED) is 0.706. The van der Waals surface area contributed by atoms with Crippen LogP contribution in [0.3, 0.4) is 0 Å². The second-order valence-corrected chi connectivity index (χ2v) is 3.70. The summed E-state index contributed by atoms with van der Waals surface area (Å²) in [6, 6.07) is 6.18. The molecular formula is C11H15NO. The van der Waals surface area contributed by atoms with E-state index < -0.39 is 0 Å². The second kappa shape index (κ2) is 3.04. The van der Waals surface area contributed by atoms with E-state index in [1.54, 1.807) is 0 Å². The van der Waals surface area contributed by atoms with E-state index in [1.807, 2.05) is 19.1 Å². The number of aliphatic hydroxyl groups excluding tert-OH is 1. The van der Waals surface area contributed by atoms with Gasteiger partial charge in [-0.2, -0.15) is 0 Å². The molecule has 0 saturated carbocycles. The van der Waals surface area contributed by atoms with E-state index in [1.165, 1.54) is 11.3 Å². The first-order valence-corrected chi connectivity index (χ1v) is 4.71. The highest BCUT2D eigenvalue weighted by Gasteiger charge is 2.20. The molecule has 1 unspecified atom stereocenters. The monoisotopic (exact) mass is 177 g/mol. The number of hydrogen-bond acceptors (Lipinski definition) is 2. The van der Waals surface area contributed by atoms with Crippen LogP contribution in [0.2, 0.25) is 0 Å². The van der Waals surface area contributed by atoms with Crippen molar-refractivity contribution in [3.63, 3.8) is 0 Å². The molecule has 0 saturated heterocycles.